The van der Waals surface area contributed by atoms with E-state index in [0.29, 0.717) is 5.92 Å². The molecule has 1 aromatic rings. The molecule has 112 valence electrons. The van der Waals surface area contributed by atoms with Gasteiger partial charge < -0.3 is 4.74 Å². The minimum Gasteiger partial charge on any atom is -0.459 e. The number of rotatable bonds is 5. The zero-order valence-electron chi connectivity index (χ0n) is 11.4. The average Bonchev–Trinajstić information content (AvgIpc) is 2.26. The molecule has 0 bridgehead atoms. The maximum Gasteiger partial charge on any atom is 0.338 e. The van der Waals surface area contributed by atoms with Crippen molar-refractivity contribution in [2.24, 2.45) is 5.92 Å². The summed E-state index contributed by atoms with van der Waals surface area (Å²) in [5.41, 5.74) is 0.101. The predicted molar refractivity (Wildman–Crippen MR) is 78.8 cm³/mol. The van der Waals surface area contributed by atoms with Gasteiger partial charge in [0.05, 0.1) is 16.7 Å². The second-order valence-electron chi connectivity index (χ2n) is 4.93. The van der Waals surface area contributed by atoms with Crippen LogP contribution in [0.3, 0.4) is 0 Å². The van der Waals surface area contributed by atoms with Crippen molar-refractivity contribution in [2.45, 2.75) is 38.2 Å². The van der Waals surface area contributed by atoms with E-state index in [9.17, 15) is 13.2 Å². The molecule has 1 rings (SSSR count). The van der Waals surface area contributed by atoms with E-state index in [2.05, 4.69) is 0 Å². The highest BCUT2D eigenvalue weighted by Gasteiger charge is 2.19. The lowest BCUT2D eigenvalue weighted by atomic mass is 10.1. The molecule has 0 aliphatic rings. The van der Waals surface area contributed by atoms with Gasteiger partial charge >= 0.3 is 5.97 Å². The Kier molecular flexibility index (Phi) is 5.86. The number of hydrogen-bond acceptors (Lipinski definition) is 4. The monoisotopic (exact) mass is 338 g/mol. The van der Waals surface area contributed by atoms with Crippen LogP contribution < -0.4 is 0 Å². The molecule has 1 aromatic carbocycles. The Labute approximate surface area is 128 Å². The fourth-order valence-corrected chi connectivity index (χ4v) is 3.27. The number of benzene rings is 1. The molecular formula is C13H16Cl2O4S. The number of esters is 1. The summed E-state index contributed by atoms with van der Waals surface area (Å²) in [6.07, 6.45) is 0.467. The summed E-state index contributed by atoms with van der Waals surface area (Å²) in [5, 5.41) is -0.0354. The number of hydrogen-bond donors (Lipinski definition) is 0. The van der Waals surface area contributed by atoms with Gasteiger partial charge in [-0.1, -0.05) is 25.4 Å². The van der Waals surface area contributed by atoms with Gasteiger partial charge in [-0.15, -0.1) is 0 Å². The van der Waals surface area contributed by atoms with Gasteiger partial charge in [-0.05, 0) is 37.5 Å². The Morgan fingerprint density at radius 1 is 1.30 bits per heavy atom. The summed E-state index contributed by atoms with van der Waals surface area (Å²) in [6.45, 7) is 5.82. The lowest BCUT2D eigenvalue weighted by Crippen LogP contribution is -2.17. The van der Waals surface area contributed by atoms with E-state index in [1.807, 2.05) is 13.8 Å². The van der Waals surface area contributed by atoms with Crippen molar-refractivity contribution in [2.75, 3.05) is 0 Å². The molecule has 0 radical (unpaired) electrons. The lowest BCUT2D eigenvalue weighted by Gasteiger charge is -2.15. The highest BCUT2D eigenvalue weighted by Crippen LogP contribution is 2.26. The molecule has 0 N–H and O–H groups in total. The minimum atomic E-state index is -4.00. The highest BCUT2D eigenvalue weighted by atomic mass is 35.7. The Morgan fingerprint density at radius 3 is 2.40 bits per heavy atom. The van der Waals surface area contributed by atoms with Crippen LogP contribution in [0.2, 0.25) is 5.02 Å². The number of ether oxygens (including phenoxy) is 1. The normalized spacial score (nSPS) is 13.3. The van der Waals surface area contributed by atoms with Crippen LogP contribution in [0.5, 0.6) is 0 Å². The molecule has 7 heteroatoms. The van der Waals surface area contributed by atoms with E-state index >= 15 is 0 Å². The Balaban J connectivity index is 2.95. The molecule has 0 spiro atoms. The molecule has 0 amide bonds. The van der Waals surface area contributed by atoms with Crippen molar-refractivity contribution in [3.8, 4) is 0 Å². The maximum atomic E-state index is 11.9. The molecule has 1 atom stereocenters. The van der Waals surface area contributed by atoms with E-state index in [1.54, 1.807) is 6.92 Å². The third-order valence-corrected chi connectivity index (χ3v) is 4.34. The number of halogens is 2. The molecular weight excluding hydrogens is 323 g/mol. The van der Waals surface area contributed by atoms with Gasteiger partial charge in [0.1, 0.15) is 4.90 Å². The van der Waals surface area contributed by atoms with Crippen molar-refractivity contribution >= 4 is 37.3 Å². The van der Waals surface area contributed by atoms with Crippen molar-refractivity contribution in [1.29, 1.82) is 0 Å². The van der Waals surface area contributed by atoms with Crippen LogP contribution in [-0.4, -0.2) is 20.5 Å². The topological polar surface area (TPSA) is 60.4 Å². The Bertz CT molecular complexity index is 596. The summed E-state index contributed by atoms with van der Waals surface area (Å²) >= 11 is 5.74. The van der Waals surface area contributed by atoms with E-state index in [4.69, 9.17) is 27.0 Å². The van der Waals surface area contributed by atoms with Crippen LogP contribution in [0.4, 0.5) is 0 Å². The third-order valence-electron chi connectivity index (χ3n) is 2.54. The Morgan fingerprint density at radius 2 is 1.90 bits per heavy atom. The van der Waals surface area contributed by atoms with Crippen LogP contribution in [0.1, 0.15) is 37.6 Å². The van der Waals surface area contributed by atoms with E-state index in [0.717, 1.165) is 12.5 Å². The molecule has 0 heterocycles. The summed E-state index contributed by atoms with van der Waals surface area (Å²) < 4.78 is 27.9. The zero-order valence-corrected chi connectivity index (χ0v) is 13.7. The molecule has 0 saturated heterocycles. The van der Waals surface area contributed by atoms with Crippen molar-refractivity contribution in [3.63, 3.8) is 0 Å². The van der Waals surface area contributed by atoms with Crippen LogP contribution in [0.15, 0.2) is 23.1 Å². The van der Waals surface area contributed by atoms with Gasteiger partial charge in [0, 0.05) is 10.7 Å². The maximum absolute atomic E-state index is 11.9. The second kappa shape index (κ2) is 6.78. The SMILES string of the molecule is CC(C)CC(C)OC(=O)c1ccc(Cl)c(S(=O)(=O)Cl)c1. The fourth-order valence-electron chi connectivity index (χ4n) is 1.78. The van der Waals surface area contributed by atoms with Crippen LogP contribution in [0.25, 0.3) is 0 Å². The largest absolute Gasteiger partial charge is 0.459 e. The standard InChI is InChI=1S/C13H16Cl2O4S/c1-8(2)6-9(3)19-13(16)10-4-5-11(14)12(7-10)20(15,17)18/h4-5,7-9H,6H2,1-3H3. The second-order valence-corrected chi connectivity index (χ2v) is 7.87. The van der Waals surface area contributed by atoms with Gasteiger partial charge in [0.15, 0.2) is 0 Å². The van der Waals surface area contributed by atoms with Gasteiger partial charge in [-0.2, -0.15) is 0 Å². The molecule has 0 aliphatic heterocycles. The van der Waals surface area contributed by atoms with Crippen LogP contribution >= 0.6 is 22.3 Å². The molecule has 0 aliphatic carbocycles. The average molecular weight is 339 g/mol. The number of carbonyl (C=O) groups is 1. The van der Waals surface area contributed by atoms with Crippen molar-refractivity contribution in [1.82, 2.24) is 0 Å². The van der Waals surface area contributed by atoms with Crippen molar-refractivity contribution < 1.29 is 17.9 Å². The van der Waals surface area contributed by atoms with Gasteiger partial charge in [0.2, 0.25) is 0 Å². The van der Waals surface area contributed by atoms with Crippen LogP contribution in [-0.2, 0) is 13.8 Å². The fraction of sp³-hybridized carbons (Fsp3) is 0.462. The first kappa shape index (κ1) is 17.3. The van der Waals surface area contributed by atoms with E-state index in [1.165, 1.54) is 12.1 Å². The Hall–Kier alpha value is -0.780. The summed E-state index contributed by atoms with van der Waals surface area (Å²) in [6, 6.07) is 3.83. The quantitative estimate of drug-likeness (QED) is 0.604. The number of carbonyl (C=O) groups excluding carboxylic acids is 1. The van der Waals surface area contributed by atoms with E-state index in [-0.39, 0.29) is 21.6 Å². The lowest BCUT2D eigenvalue weighted by molar-refractivity contribution is 0.0299. The van der Waals surface area contributed by atoms with Crippen molar-refractivity contribution in [3.05, 3.63) is 28.8 Å². The minimum absolute atomic E-state index is 0.0354. The first-order valence-corrected chi connectivity index (χ1v) is 8.75. The molecule has 0 fully saturated rings. The first-order valence-electron chi connectivity index (χ1n) is 6.06. The third kappa shape index (κ3) is 4.96. The molecule has 0 aromatic heterocycles. The zero-order chi connectivity index (χ0) is 15.5. The first-order chi connectivity index (χ1) is 9.11. The smallest absolute Gasteiger partial charge is 0.338 e. The van der Waals surface area contributed by atoms with E-state index < -0.39 is 15.0 Å². The molecule has 4 nitrogen and oxygen atoms in total. The van der Waals surface area contributed by atoms with Gasteiger partial charge in [-0.25, -0.2) is 13.2 Å². The van der Waals surface area contributed by atoms with Gasteiger partial charge in [0.25, 0.3) is 9.05 Å². The summed E-state index contributed by atoms with van der Waals surface area (Å²) in [4.78, 5) is 11.6. The summed E-state index contributed by atoms with van der Waals surface area (Å²) in [5.74, 6) is -0.210. The predicted octanol–water partition coefficient (Wildman–Crippen LogP) is 3.86. The highest BCUT2D eigenvalue weighted by molar-refractivity contribution is 8.13. The molecule has 0 saturated carbocycles. The molecule has 1 unspecified atom stereocenters. The summed E-state index contributed by atoms with van der Waals surface area (Å²) in [7, 11) is 1.25. The van der Waals surface area contributed by atoms with Crippen LogP contribution in [0, 0.1) is 5.92 Å². The molecule has 20 heavy (non-hydrogen) atoms. The van der Waals surface area contributed by atoms with Gasteiger partial charge in [-0.3, -0.25) is 0 Å².